The highest BCUT2D eigenvalue weighted by Crippen LogP contribution is 2.29. The van der Waals surface area contributed by atoms with Gasteiger partial charge in [-0.15, -0.1) is 0 Å². The number of hydrogen-bond donors (Lipinski definition) is 1. The molecule has 1 saturated heterocycles. The van der Waals surface area contributed by atoms with Gasteiger partial charge in [0.25, 0.3) is 0 Å². The van der Waals surface area contributed by atoms with Crippen LogP contribution in [0.2, 0.25) is 0 Å². The molecule has 0 aromatic heterocycles. The van der Waals surface area contributed by atoms with Crippen LogP contribution in [0.25, 0.3) is 6.08 Å². The third-order valence-corrected chi connectivity index (χ3v) is 2.83. The van der Waals surface area contributed by atoms with E-state index in [0.29, 0.717) is 11.6 Å². The van der Waals surface area contributed by atoms with E-state index in [9.17, 15) is 13.2 Å². The quantitative estimate of drug-likeness (QED) is 0.836. The second kappa shape index (κ2) is 4.92. The van der Waals surface area contributed by atoms with Gasteiger partial charge >= 0.3 is 6.18 Å². The number of benzene rings is 1. The monoisotopic (exact) mass is 241 g/mol. The maximum atomic E-state index is 12.5. The van der Waals surface area contributed by atoms with E-state index in [1.165, 1.54) is 12.1 Å². The Morgan fingerprint density at radius 2 is 2.12 bits per heavy atom. The molecule has 92 valence electrons. The second-order valence-electron chi connectivity index (χ2n) is 4.19. The predicted molar refractivity (Wildman–Crippen MR) is 61.5 cm³/mol. The lowest BCUT2D eigenvalue weighted by Gasteiger charge is -2.07. The summed E-state index contributed by atoms with van der Waals surface area (Å²) in [6.07, 6.45) is 1.59. The summed E-state index contributed by atoms with van der Waals surface area (Å²) in [5.41, 5.74) is -0.00689. The minimum atomic E-state index is -4.27. The second-order valence-corrected chi connectivity index (χ2v) is 4.19. The van der Waals surface area contributed by atoms with Crippen molar-refractivity contribution in [1.29, 1.82) is 0 Å². The highest BCUT2D eigenvalue weighted by molar-refractivity contribution is 5.51. The van der Waals surface area contributed by atoms with Crippen LogP contribution in [0.15, 0.2) is 30.3 Å². The lowest BCUT2D eigenvalue weighted by Crippen LogP contribution is -2.17. The summed E-state index contributed by atoms with van der Waals surface area (Å²) in [5.74, 6) is 0. The van der Waals surface area contributed by atoms with Crippen molar-refractivity contribution in [1.82, 2.24) is 5.32 Å². The van der Waals surface area contributed by atoms with E-state index in [2.05, 4.69) is 5.32 Å². The molecule has 1 aliphatic rings. The fourth-order valence-corrected chi connectivity index (χ4v) is 1.92. The first-order valence-corrected chi connectivity index (χ1v) is 5.64. The summed E-state index contributed by atoms with van der Waals surface area (Å²) >= 11 is 0. The SMILES string of the molecule is FC(F)(F)c1cccc(/C=C/C2CCCN2)c1. The van der Waals surface area contributed by atoms with E-state index in [0.717, 1.165) is 25.5 Å². The van der Waals surface area contributed by atoms with Gasteiger partial charge in [0.05, 0.1) is 5.56 Å². The van der Waals surface area contributed by atoms with Gasteiger partial charge in [-0.1, -0.05) is 24.3 Å². The van der Waals surface area contributed by atoms with Crippen molar-refractivity contribution < 1.29 is 13.2 Å². The number of alkyl halides is 3. The van der Waals surface area contributed by atoms with Crippen molar-refractivity contribution >= 4 is 6.08 Å². The Hall–Kier alpha value is -1.29. The Bertz CT molecular complexity index is 403. The molecule has 1 nitrogen and oxygen atoms in total. The van der Waals surface area contributed by atoms with E-state index in [1.54, 1.807) is 12.1 Å². The Balaban J connectivity index is 2.10. The van der Waals surface area contributed by atoms with Crippen LogP contribution in [0.5, 0.6) is 0 Å². The molecule has 0 radical (unpaired) electrons. The van der Waals surface area contributed by atoms with Crippen molar-refractivity contribution in [3.63, 3.8) is 0 Å². The molecular formula is C13H14F3N. The first kappa shape index (κ1) is 12.2. The number of nitrogens with one attached hydrogen (secondary N) is 1. The molecule has 0 aliphatic carbocycles. The van der Waals surface area contributed by atoms with Crippen LogP contribution in [-0.2, 0) is 6.18 Å². The highest BCUT2D eigenvalue weighted by Gasteiger charge is 2.30. The van der Waals surface area contributed by atoms with Gasteiger partial charge in [0.2, 0.25) is 0 Å². The summed E-state index contributed by atoms with van der Waals surface area (Å²) in [7, 11) is 0. The molecule has 1 heterocycles. The Morgan fingerprint density at radius 3 is 2.76 bits per heavy atom. The molecule has 1 unspecified atom stereocenters. The minimum Gasteiger partial charge on any atom is -0.311 e. The zero-order valence-corrected chi connectivity index (χ0v) is 9.30. The van der Waals surface area contributed by atoms with Crippen molar-refractivity contribution in [2.24, 2.45) is 0 Å². The number of hydrogen-bond acceptors (Lipinski definition) is 1. The van der Waals surface area contributed by atoms with Gasteiger partial charge in [0.15, 0.2) is 0 Å². The molecule has 0 spiro atoms. The minimum absolute atomic E-state index is 0.296. The first-order valence-electron chi connectivity index (χ1n) is 5.64. The standard InChI is InChI=1S/C13H14F3N/c14-13(15,16)11-4-1-3-10(9-11)6-7-12-5-2-8-17-12/h1,3-4,6-7,9,12,17H,2,5,8H2/b7-6+. The van der Waals surface area contributed by atoms with Gasteiger partial charge in [0.1, 0.15) is 0 Å². The average Bonchev–Trinajstić information content (AvgIpc) is 2.78. The fourth-order valence-electron chi connectivity index (χ4n) is 1.92. The predicted octanol–water partition coefficient (Wildman–Crippen LogP) is 3.47. The van der Waals surface area contributed by atoms with Crippen LogP contribution in [0.4, 0.5) is 13.2 Å². The van der Waals surface area contributed by atoms with E-state index in [4.69, 9.17) is 0 Å². The van der Waals surface area contributed by atoms with Crippen LogP contribution in [0.1, 0.15) is 24.0 Å². The average molecular weight is 241 g/mol. The largest absolute Gasteiger partial charge is 0.416 e. The number of rotatable bonds is 2. The van der Waals surface area contributed by atoms with E-state index < -0.39 is 11.7 Å². The van der Waals surface area contributed by atoms with Crippen LogP contribution in [-0.4, -0.2) is 12.6 Å². The Morgan fingerprint density at radius 1 is 1.29 bits per heavy atom. The summed E-state index contributed by atoms with van der Waals surface area (Å²) in [6.45, 7) is 0.984. The smallest absolute Gasteiger partial charge is 0.311 e. The molecule has 1 aromatic rings. The van der Waals surface area contributed by atoms with E-state index in [-0.39, 0.29) is 0 Å². The fraction of sp³-hybridized carbons (Fsp3) is 0.385. The maximum absolute atomic E-state index is 12.5. The highest BCUT2D eigenvalue weighted by atomic mass is 19.4. The molecule has 17 heavy (non-hydrogen) atoms. The topological polar surface area (TPSA) is 12.0 Å². The molecule has 1 fully saturated rings. The third-order valence-electron chi connectivity index (χ3n) is 2.83. The Kier molecular flexibility index (Phi) is 3.52. The van der Waals surface area contributed by atoms with Gasteiger partial charge in [-0.05, 0) is 37.1 Å². The molecule has 0 saturated carbocycles. The summed E-state index contributed by atoms with van der Waals surface area (Å²) < 4.78 is 37.4. The van der Waals surface area contributed by atoms with Gasteiger partial charge in [-0.2, -0.15) is 13.2 Å². The molecule has 1 atom stereocenters. The summed E-state index contributed by atoms with van der Waals surface area (Å²) in [6, 6.07) is 5.67. The van der Waals surface area contributed by atoms with E-state index >= 15 is 0 Å². The number of halogens is 3. The third kappa shape index (κ3) is 3.33. The lowest BCUT2D eigenvalue weighted by molar-refractivity contribution is -0.137. The van der Waals surface area contributed by atoms with Crippen LogP contribution in [0.3, 0.4) is 0 Å². The summed E-state index contributed by atoms with van der Waals surface area (Å²) in [4.78, 5) is 0. The molecule has 1 aromatic carbocycles. The van der Waals surface area contributed by atoms with Gasteiger partial charge < -0.3 is 5.32 Å². The molecule has 0 bridgehead atoms. The van der Waals surface area contributed by atoms with Crippen molar-refractivity contribution in [2.75, 3.05) is 6.54 Å². The molecule has 4 heteroatoms. The van der Waals surface area contributed by atoms with Crippen molar-refractivity contribution in [3.05, 3.63) is 41.5 Å². The Labute approximate surface area is 98.3 Å². The van der Waals surface area contributed by atoms with Crippen molar-refractivity contribution in [2.45, 2.75) is 25.1 Å². The van der Waals surface area contributed by atoms with Crippen LogP contribution >= 0.6 is 0 Å². The van der Waals surface area contributed by atoms with Crippen LogP contribution in [0, 0.1) is 0 Å². The van der Waals surface area contributed by atoms with Gasteiger partial charge in [0, 0.05) is 6.04 Å². The molecule has 1 N–H and O–H groups in total. The maximum Gasteiger partial charge on any atom is 0.416 e. The zero-order chi connectivity index (χ0) is 12.3. The first-order chi connectivity index (χ1) is 8.05. The summed E-state index contributed by atoms with van der Waals surface area (Å²) in [5, 5.41) is 3.26. The van der Waals surface area contributed by atoms with Gasteiger partial charge in [-0.3, -0.25) is 0 Å². The van der Waals surface area contributed by atoms with Crippen LogP contribution < -0.4 is 5.32 Å². The molecule has 0 amide bonds. The molecular weight excluding hydrogens is 227 g/mol. The zero-order valence-electron chi connectivity index (χ0n) is 9.30. The normalized spacial score (nSPS) is 21.2. The lowest BCUT2D eigenvalue weighted by atomic mass is 10.1. The molecule has 1 aliphatic heterocycles. The van der Waals surface area contributed by atoms with Crippen molar-refractivity contribution in [3.8, 4) is 0 Å². The van der Waals surface area contributed by atoms with E-state index in [1.807, 2.05) is 6.08 Å². The molecule has 2 rings (SSSR count). The van der Waals surface area contributed by atoms with Gasteiger partial charge in [-0.25, -0.2) is 0 Å².